The smallest absolute Gasteiger partial charge is 0.243 e. The lowest BCUT2D eigenvalue weighted by molar-refractivity contribution is -0.134. The number of hydrogen-bond acceptors (Lipinski definition) is 5. The zero-order valence-corrected chi connectivity index (χ0v) is 17.9. The van der Waals surface area contributed by atoms with Gasteiger partial charge in [-0.05, 0) is 37.1 Å². The lowest BCUT2D eigenvalue weighted by Crippen LogP contribution is -2.50. The molecule has 7 nitrogen and oxygen atoms in total. The Bertz CT molecular complexity index is 887. The van der Waals surface area contributed by atoms with E-state index in [4.69, 9.17) is 0 Å². The third-order valence-corrected chi connectivity index (χ3v) is 5.51. The van der Waals surface area contributed by atoms with Gasteiger partial charge in [0.15, 0.2) is 0 Å². The lowest BCUT2D eigenvalue weighted by Gasteiger charge is -2.36. The maximum absolute atomic E-state index is 12.6. The van der Waals surface area contributed by atoms with Crippen LogP contribution in [0, 0.1) is 13.8 Å². The van der Waals surface area contributed by atoms with E-state index in [0.717, 1.165) is 48.7 Å². The number of nitrogens with zero attached hydrogens (tertiary/aromatic N) is 3. The van der Waals surface area contributed by atoms with Crippen LogP contribution >= 0.6 is 0 Å². The van der Waals surface area contributed by atoms with Crippen LogP contribution in [0.1, 0.15) is 11.1 Å². The summed E-state index contributed by atoms with van der Waals surface area (Å²) in [4.78, 5) is 30.7. The average Bonchev–Trinajstić information content (AvgIpc) is 2.72. The highest BCUT2D eigenvalue weighted by molar-refractivity contribution is 5.95. The van der Waals surface area contributed by atoms with Crippen molar-refractivity contribution >= 4 is 23.2 Å². The van der Waals surface area contributed by atoms with Crippen molar-refractivity contribution < 1.29 is 14.7 Å². The van der Waals surface area contributed by atoms with Gasteiger partial charge in [0.25, 0.3) is 0 Å². The maximum atomic E-state index is 12.6. The summed E-state index contributed by atoms with van der Waals surface area (Å²) in [5, 5.41) is 12.9. The molecule has 1 fully saturated rings. The van der Waals surface area contributed by atoms with Gasteiger partial charge in [-0.3, -0.25) is 14.5 Å². The number of piperazine rings is 1. The van der Waals surface area contributed by atoms with E-state index in [1.807, 2.05) is 44.2 Å². The summed E-state index contributed by atoms with van der Waals surface area (Å²) in [6.07, 6.45) is 0. The Balaban J connectivity index is 1.47. The highest BCUT2D eigenvalue weighted by Crippen LogP contribution is 2.27. The number of carbonyl (C=O) groups is 2. The van der Waals surface area contributed by atoms with Gasteiger partial charge in [-0.1, -0.05) is 30.3 Å². The Kier molecular flexibility index (Phi) is 6.95. The molecule has 0 aromatic heterocycles. The second-order valence-electron chi connectivity index (χ2n) is 7.82. The first-order chi connectivity index (χ1) is 14.3. The van der Waals surface area contributed by atoms with Gasteiger partial charge in [0, 0.05) is 38.9 Å². The summed E-state index contributed by atoms with van der Waals surface area (Å²) in [7, 11) is 1.66. The average molecular weight is 411 g/mol. The molecule has 0 spiro atoms. The third-order valence-electron chi connectivity index (χ3n) is 5.51. The zero-order chi connectivity index (χ0) is 21.7. The number of carbonyl (C=O) groups excluding carboxylic acids is 2. The minimum Gasteiger partial charge on any atom is -0.506 e. The Morgan fingerprint density at radius 1 is 1.00 bits per heavy atom. The van der Waals surface area contributed by atoms with E-state index in [2.05, 4.69) is 15.1 Å². The Morgan fingerprint density at radius 3 is 2.27 bits per heavy atom. The van der Waals surface area contributed by atoms with E-state index in [9.17, 15) is 14.7 Å². The fourth-order valence-electron chi connectivity index (χ4n) is 3.68. The van der Waals surface area contributed by atoms with Crippen molar-refractivity contribution in [3.8, 4) is 5.75 Å². The number of benzene rings is 2. The molecule has 160 valence electrons. The summed E-state index contributed by atoms with van der Waals surface area (Å²) in [6, 6.07) is 13.2. The number of rotatable bonds is 6. The molecule has 30 heavy (non-hydrogen) atoms. The standard InChI is InChI=1S/C23H30N4O3/c1-17-7-6-8-18(2)23(17)24-21(29)15-25(3)22(30)16-26-11-13-27(14-12-26)19-9-4-5-10-20(19)28/h4-10,28H,11-16H2,1-3H3,(H,24,29). The molecule has 2 amide bonds. The number of phenols is 1. The molecule has 0 bridgehead atoms. The van der Waals surface area contributed by atoms with Crippen LogP contribution in [-0.2, 0) is 9.59 Å². The number of para-hydroxylation sites is 3. The maximum Gasteiger partial charge on any atom is 0.243 e. The van der Waals surface area contributed by atoms with Crippen LogP contribution in [0.4, 0.5) is 11.4 Å². The molecule has 1 aliphatic rings. The molecule has 1 saturated heterocycles. The number of amides is 2. The molecular formula is C23H30N4O3. The van der Waals surface area contributed by atoms with Crippen molar-refractivity contribution in [1.29, 1.82) is 0 Å². The van der Waals surface area contributed by atoms with Gasteiger partial charge in [0.2, 0.25) is 11.8 Å². The second-order valence-corrected chi connectivity index (χ2v) is 7.82. The fourth-order valence-corrected chi connectivity index (χ4v) is 3.68. The van der Waals surface area contributed by atoms with E-state index >= 15 is 0 Å². The van der Waals surface area contributed by atoms with Crippen LogP contribution in [0.25, 0.3) is 0 Å². The normalized spacial score (nSPS) is 14.4. The molecular weight excluding hydrogens is 380 g/mol. The highest BCUT2D eigenvalue weighted by atomic mass is 16.3. The van der Waals surface area contributed by atoms with Crippen LogP contribution in [0.5, 0.6) is 5.75 Å². The fraction of sp³-hybridized carbons (Fsp3) is 0.391. The number of likely N-dealkylation sites (N-methyl/N-ethyl adjacent to an activating group) is 1. The van der Waals surface area contributed by atoms with Gasteiger partial charge in [0.1, 0.15) is 5.75 Å². The molecule has 1 aliphatic heterocycles. The molecule has 2 aromatic carbocycles. The predicted octanol–water partition coefficient (Wildman–Crippen LogP) is 2.23. The molecule has 2 aromatic rings. The number of phenolic OH excluding ortho intramolecular Hbond substituents is 1. The van der Waals surface area contributed by atoms with Gasteiger partial charge < -0.3 is 20.2 Å². The van der Waals surface area contributed by atoms with Crippen LogP contribution in [0.15, 0.2) is 42.5 Å². The van der Waals surface area contributed by atoms with E-state index in [1.54, 1.807) is 19.2 Å². The summed E-state index contributed by atoms with van der Waals surface area (Å²) >= 11 is 0. The van der Waals surface area contributed by atoms with Gasteiger partial charge in [-0.25, -0.2) is 0 Å². The lowest BCUT2D eigenvalue weighted by atomic mass is 10.1. The Labute approximate surface area is 177 Å². The number of hydrogen-bond donors (Lipinski definition) is 2. The number of aryl methyl sites for hydroxylation is 2. The monoisotopic (exact) mass is 410 g/mol. The molecule has 7 heteroatoms. The van der Waals surface area contributed by atoms with Gasteiger partial charge in [-0.15, -0.1) is 0 Å². The molecule has 1 heterocycles. The van der Waals surface area contributed by atoms with Crippen LogP contribution < -0.4 is 10.2 Å². The number of anilines is 2. The van der Waals surface area contributed by atoms with E-state index < -0.39 is 0 Å². The molecule has 0 radical (unpaired) electrons. The van der Waals surface area contributed by atoms with Crippen LogP contribution in [0.3, 0.4) is 0 Å². The minimum absolute atomic E-state index is 0.0183. The largest absolute Gasteiger partial charge is 0.506 e. The van der Waals surface area contributed by atoms with Crippen LogP contribution in [-0.4, -0.2) is 73.0 Å². The van der Waals surface area contributed by atoms with E-state index in [0.29, 0.717) is 0 Å². The second kappa shape index (κ2) is 9.63. The predicted molar refractivity (Wildman–Crippen MR) is 119 cm³/mol. The van der Waals surface area contributed by atoms with Gasteiger partial charge >= 0.3 is 0 Å². The zero-order valence-electron chi connectivity index (χ0n) is 17.9. The Morgan fingerprint density at radius 2 is 1.63 bits per heavy atom. The van der Waals surface area contributed by atoms with Crippen molar-refractivity contribution in [3.63, 3.8) is 0 Å². The van der Waals surface area contributed by atoms with Crippen molar-refractivity contribution in [3.05, 3.63) is 53.6 Å². The first-order valence-electron chi connectivity index (χ1n) is 10.2. The van der Waals surface area contributed by atoms with Crippen molar-refractivity contribution in [1.82, 2.24) is 9.80 Å². The van der Waals surface area contributed by atoms with Crippen molar-refractivity contribution in [2.75, 3.05) is 56.5 Å². The Hall–Kier alpha value is -3.06. The number of nitrogens with one attached hydrogen (secondary N) is 1. The molecule has 0 saturated carbocycles. The molecule has 0 atom stereocenters. The van der Waals surface area contributed by atoms with Crippen molar-refractivity contribution in [2.24, 2.45) is 0 Å². The molecule has 2 N–H and O–H groups in total. The SMILES string of the molecule is Cc1cccc(C)c1NC(=O)CN(C)C(=O)CN1CCN(c2ccccc2O)CC1. The highest BCUT2D eigenvalue weighted by Gasteiger charge is 2.22. The molecule has 0 unspecified atom stereocenters. The van der Waals surface area contributed by atoms with E-state index in [1.165, 1.54) is 4.90 Å². The first-order valence-corrected chi connectivity index (χ1v) is 10.2. The summed E-state index contributed by atoms with van der Waals surface area (Å²) < 4.78 is 0. The summed E-state index contributed by atoms with van der Waals surface area (Å²) in [5.41, 5.74) is 3.63. The third kappa shape index (κ3) is 5.30. The van der Waals surface area contributed by atoms with Crippen LogP contribution in [0.2, 0.25) is 0 Å². The summed E-state index contributed by atoms with van der Waals surface area (Å²) in [5.74, 6) is -0.00746. The topological polar surface area (TPSA) is 76.1 Å². The molecule has 3 rings (SSSR count). The quantitative estimate of drug-likeness (QED) is 0.764. The van der Waals surface area contributed by atoms with E-state index in [-0.39, 0.29) is 30.7 Å². The first kappa shape index (κ1) is 21.6. The number of aromatic hydroxyl groups is 1. The summed E-state index contributed by atoms with van der Waals surface area (Å²) in [6.45, 7) is 7.12. The molecule has 0 aliphatic carbocycles. The minimum atomic E-state index is -0.201. The van der Waals surface area contributed by atoms with Crippen molar-refractivity contribution in [2.45, 2.75) is 13.8 Å². The van der Waals surface area contributed by atoms with Gasteiger partial charge in [0.05, 0.1) is 18.8 Å². The van der Waals surface area contributed by atoms with Gasteiger partial charge in [-0.2, -0.15) is 0 Å².